The molecule has 3 aromatic rings. The highest BCUT2D eigenvalue weighted by atomic mass is 32.2. The van der Waals surface area contributed by atoms with E-state index in [1.807, 2.05) is 6.92 Å². The van der Waals surface area contributed by atoms with Crippen molar-refractivity contribution >= 4 is 9.84 Å². The monoisotopic (exact) mass is 417 g/mol. The molecule has 0 spiro atoms. The normalized spacial score (nSPS) is 11.6. The summed E-state index contributed by atoms with van der Waals surface area (Å²) < 4.78 is 38.9. The van der Waals surface area contributed by atoms with Crippen molar-refractivity contribution in [3.63, 3.8) is 0 Å². The fraction of sp³-hybridized carbons (Fsp3) is 0.250. The van der Waals surface area contributed by atoms with Crippen LogP contribution in [0.1, 0.15) is 31.2 Å². The van der Waals surface area contributed by atoms with Crippen molar-refractivity contribution in [1.82, 2.24) is 15.0 Å². The Morgan fingerprint density at radius 3 is 2.48 bits per heavy atom. The minimum atomic E-state index is -4.29. The van der Waals surface area contributed by atoms with Crippen LogP contribution in [-0.4, -0.2) is 28.5 Å². The number of sulfone groups is 1. The third-order valence-electron chi connectivity index (χ3n) is 4.50. The lowest BCUT2D eigenvalue weighted by Gasteiger charge is -2.09. The van der Waals surface area contributed by atoms with Crippen LogP contribution in [0.2, 0.25) is 0 Å². The smallest absolute Gasteiger partial charge is 0.274 e. The van der Waals surface area contributed by atoms with Crippen molar-refractivity contribution in [1.29, 1.82) is 0 Å². The van der Waals surface area contributed by atoms with Gasteiger partial charge in [-0.15, -0.1) is 0 Å². The molecule has 0 saturated heterocycles. The van der Waals surface area contributed by atoms with Gasteiger partial charge in [-0.1, -0.05) is 25.5 Å². The van der Waals surface area contributed by atoms with Gasteiger partial charge in [-0.2, -0.15) is 9.37 Å². The molecular formula is C20H20FN3O4S. The molecule has 0 radical (unpaired) electrons. The molecule has 0 unspecified atom stereocenters. The Hall–Kier alpha value is -3.07. The lowest BCUT2D eigenvalue weighted by atomic mass is 10.0. The zero-order chi connectivity index (χ0) is 21.2. The number of rotatable bonds is 6. The quantitative estimate of drug-likeness (QED) is 0.596. The van der Waals surface area contributed by atoms with Crippen LogP contribution in [0.5, 0.6) is 5.88 Å². The van der Waals surface area contributed by atoms with Crippen molar-refractivity contribution in [3.8, 4) is 17.0 Å². The maximum atomic E-state index is 13.2. The van der Waals surface area contributed by atoms with E-state index in [1.165, 1.54) is 36.5 Å². The first-order valence-corrected chi connectivity index (χ1v) is 10.5. The number of nitrogens with one attached hydrogen (secondary N) is 1. The van der Waals surface area contributed by atoms with E-state index in [-0.39, 0.29) is 10.7 Å². The average molecular weight is 417 g/mol. The molecule has 3 rings (SSSR count). The Balaban J connectivity index is 1.99. The van der Waals surface area contributed by atoms with Crippen LogP contribution in [0.15, 0.2) is 51.1 Å². The summed E-state index contributed by atoms with van der Waals surface area (Å²) in [5.41, 5.74) is 1.03. The lowest BCUT2D eigenvalue weighted by Crippen LogP contribution is -2.21. The van der Waals surface area contributed by atoms with Crippen molar-refractivity contribution in [2.45, 2.75) is 42.9 Å². The molecule has 7 nitrogen and oxygen atoms in total. The van der Waals surface area contributed by atoms with Gasteiger partial charge in [0.05, 0.1) is 4.90 Å². The van der Waals surface area contributed by atoms with E-state index in [2.05, 4.69) is 15.0 Å². The summed E-state index contributed by atoms with van der Waals surface area (Å²) in [5, 5.41) is 10.1. The van der Waals surface area contributed by atoms with Crippen molar-refractivity contribution in [3.05, 3.63) is 64.2 Å². The molecule has 9 heteroatoms. The van der Waals surface area contributed by atoms with E-state index in [9.17, 15) is 22.7 Å². The average Bonchev–Trinajstić information content (AvgIpc) is 2.66. The van der Waals surface area contributed by atoms with Gasteiger partial charge >= 0.3 is 0 Å². The van der Waals surface area contributed by atoms with Crippen LogP contribution < -0.4 is 5.56 Å². The molecule has 0 amide bonds. The third-order valence-corrected chi connectivity index (χ3v) is 6.30. The Kier molecular flexibility index (Phi) is 5.78. The summed E-state index contributed by atoms with van der Waals surface area (Å²) in [4.78, 5) is 21.2. The Morgan fingerprint density at radius 1 is 1.21 bits per heavy atom. The number of aryl methyl sites for hydroxylation is 2. The van der Waals surface area contributed by atoms with Crippen LogP contribution in [0.25, 0.3) is 11.1 Å². The van der Waals surface area contributed by atoms with Crippen molar-refractivity contribution in [2.24, 2.45) is 0 Å². The predicted molar refractivity (Wildman–Crippen MR) is 105 cm³/mol. The van der Waals surface area contributed by atoms with E-state index in [0.717, 1.165) is 12.8 Å². The van der Waals surface area contributed by atoms with Crippen LogP contribution in [0.4, 0.5) is 4.39 Å². The number of aromatic amines is 1. The zero-order valence-electron chi connectivity index (χ0n) is 15.9. The Bertz CT molecular complexity index is 1210. The number of nitrogens with zero attached hydrogens (tertiary/aromatic N) is 2. The van der Waals surface area contributed by atoms with E-state index < -0.39 is 32.1 Å². The number of halogens is 1. The highest BCUT2D eigenvalue weighted by Crippen LogP contribution is 2.28. The van der Waals surface area contributed by atoms with Gasteiger partial charge in [-0.3, -0.25) is 4.79 Å². The molecule has 0 aliphatic rings. The first-order valence-electron chi connectivity index (χ1n) is 9.04. The highest BCUT2D eigenvalue weighted by Gasteiger charge is 2.27. The fourth-order valence-electron chi connectivity index (χ4n) is 2.96. The summed E-state index contributed by atoms with van der Waals surface area (Å²) >= 11 is 0. The van der Waals surface area contributed by atoms with Gasteiger partial charge in [-0.05, 0) is 42.7 Å². The molecule has 0 atom stereocenters. The molecular weight excluding hydrogens is 397 g/mol. The molecule has 2 N–H and O–H groups in total. The topological polar surface area (TPSA) is 113 Å². The van der Waals surface area contributed by atoms with Crippen molar-refractivity contribution in [2.75, 3.05) is 0 Å². The zero-order valence-corrected chi connectivity index (χ0v) is 16.8. The van der Waals surface area contributed by atoms with E-state index in [1.54, 1.807) is 6.92 Å². The van der Waals surface area contributed by atoms with Gasteiger partial charge in [0.1, 0.15) is 5.82 Å². The Morgan fingerprint density at radius 2 is 1.90 bits per heavy atom. The molecule has 29 heavy (non-hydrogen) atoms. The van der Waals surface area contributed by atoms with Crippen LogP contribution in [0, 0.1) is 12.9 Å². The molecule has 2 aromatic heterocycles. The number of pyridine rings is 1. The minimum Gasteiger partial charge on any atom is -0.492 e. The fourth-order valence-corrected chi connectivity index (χ4v) is 4.27. The molecule has 0 aliphatic heterocycles. The van der Waals surface area contributed by atoms with E-state index in [0.29, 0.717) is 23.1 Å². The number of benzene rings is 1. The number of hydrogen-bond donors (Lipinski definition) is 2. The first-order chi connectivity index (χ1) is 13.7. The lowest BCUT2D eigenvalue weighted by molar-refractivity contribution is 0.428. The molecule has 2 heterocycles. The molecule has 0 bridgehead atoms. The second-order valence-electron chi connectivity index (χ2n) is 6.62. The molecule has 0 fully saturated rings. The molecule has 0 saturated carbocycles. The summed E-state index contributed by atoms with van der Waals surface area (Å²) in [6.07, 6.45) is 3.40. The van der Waals surface area contributed by atoms with Gasteiger partial charge in [0, 0.05) is 18.2 Å². The number of aromatic nitrogens is 3. The maximum absolute atomic E-state index is 13.2. The summed E-state index contributed by atoms with van der Waals surface area (Å²) in [7, 11) is -4.29. The summed E-state index contributed by atoms with van der Waals surface area (Å²) in [6.45, 7) is 3.68. The van der Waals surface area contributed by atoms with Crippen molar-refractivity contribution < 1.29 is 17.9 Å². The van der Waals surface area contributed by atoms with Crippen LogP contribution in [-0.2, 0) is 16.3 Å². The Labute approximate surface area is 167 Å². The molecule has 0 aliphatic carbocycles. The largest absolute Gasteiger partial charge is 0.492 e. The standard InChI is InChI=1S/C20H20FN3O4S/c1-3-4-5-17-23-19(25)18(20(26)24-17)29(27,28)14-8-6-13(7-9-14)15-11-22-16(21)10-12(15)2/h6-11H,3-5H2,1-2H3,(H2,23,24,25,26). The van der Waals surface area contributed by atoms with Crippen LogP contribution in [0.3, 0.4) is 0 Å². The SMILES string of the molecule is CCCCc1nc(O)c(S(=O)(=O)c2ccc(-c3cnc(F)cc3C)cc2)c(=O)[nH]1. The van der Waals surface area contributed by atoms with Gasteiger partial charge in [0.15, 0.2) is 4.90 Å². The summed E-state index contributed by atoms with van der Waals surface area (Å²) in [6, 6.07) is 6.98. The highest BCUT2D eigenvalue weighted by molar-refractivity contribution is 7.91. The first kappa shape index (κ1) is 20.7. The summed E-state index contributed by atoms with van der Waals surface area (Å²) in [5.74, 6) is -1.18. The van der Waals surface area contributed by atoms with Gasteiger partial charge in [0.2, 0.25) is 21.7 Å². The van der Waals surface area contributed by atoms with Gasteiger partial charge in [0.25, 0.3) is 5.56 Å². The number of H-pyrrole nitrogens is 1. The minimum absolute atomic E-state index is 0.169. The molecule has 1 aromatic carbocycles. The number of unbranched alkanes of at least 4 members (excludes halogenated alkanes) is 1. The third kappa shape index (κ3) is 4.19. The second kappa shape index (κ2) is 8.12. The van der Waals surface area contributed by atoms with E-state index in [4.69, 9.17) is 0 Å². The van der Waals surface area contributed by atoms with Crippen LogP contribution >= 0.6 is 0 Å². The van der Waals surface area contributed by atoms with E-state index >= 15 is 0 Å². The number of aromatic hydroxyl groups is 1. The second-order valence-corrected chi connectivity index (χ2v) is 8.51. The number of hydrogen-bond acceptors (Lipinski definition) is 6. The molecule has 152 valence electrons. The van der Waals surface area contributed by atoms with Gasteiger partial charge in [-0.25, -0.2) is 13.4 Å². The maximum Gasteiger partial charge on any atom is 0.274 e. The predicted octanol–water partition coefficient (Wildman–Crippen LogP) is 3.16. The van der Waals surface area contributed by atoms with Gasteiger partial charge < -0.3 is 10.1 Å².